The van der Waals surface area contributed by atoms with Gasteiger partial charge < -0.3 is 13.9 Å². The third-order valence-corrected chi connectivity index (χ3v) is 5.16. The van der Waals surface area contributed by atoms with Crippen molar-refractivity contribution in [1.29, 1.82) is 0 Å². The molecule has 1 aromatic carbocycles. The summed E-state index contributed by atoms with van der Waals surface area (Å²) >= 11 is 5.98. The molecule has 0 amide bonds. The fourth-order valence-electron chi connectivity index (χ4n) is 3.25. The molecule has 0 unspecified atom stereocenters. The molecule has 11 heteroatoms. The number of hydrogen-bond donors (Lipinski definition) is 0. The van der Waals surface area contributed by atoms with Crippen LogP contribution in [-0.2, 0) is 19.1 Å². The third kappa shape index (κ3) is 3.41. The molecule has 0 atom stereocenters. The Hall–Kier alpha value is -2.75. The summed E-state index contributed by atoms with van der Waals surface area (Å²) in [6.07, 6.45) is -2.76. The van der Waals surface area contributed by atoms with E-state index in [-0.39, 0.29) is 36.6 Å². The van der Waals surface area contributed by atoms with E-state index in [1.54, 1.807) is 18.2 Å². The van der Waals surface area contributed by atoms with Crippen LogP contribution in [0.2, 0.25) is 5.02 Å². The van der Waals surface area contributed by atoms with E-state index in [0.717, 1.165) is 12.8 Å². The summed E-state index contributed by atoms with van der Waals surface area (Å²) in [6.45, 7) is 0.313. The number of nitrogens with zero attached hydrogens (tertiary/aromatic N) is 4. The third-order valence-electron chi connectivity index (χ3n) is 4.79. The van der Waals surface area contributed by atoms with E-state index >= 15 is 0 Å². The summed E-state index contributed by atoms with van der Waals surface area (Å²) in [5.74, 6) is 1.81. The van der Waals surface area contributed by atoms with E-state index in [1.807, 2.05) is 0 Å². The van der Waals surface area contributed by atoms with Crippen molar-refractivity contribution >= 4 is 11.6 Å². The Morgan fingerprint density at radius 1 is 1.14 bits per heavy atom. The van der Waals surface area contributed by atoms with Crippen molar-refractivity contribution in [2.45, 2.75) is 37.9 Å². The molecule has 1 aliphatic heterocycles. The predicted octanol–water partition coefficient (Wildman–Crippen LogP) is 4.45. The van der Waals surface area contributed by atoms with E-state index < -0.39 is 11.9 Å². The maximum atomic E-state index is 13.2. The lowest BCUT2D eigenvalue weighted by atomic mass is 10.2. The summed E-state index contributed by atoms with van der Waals surface area (Å²) in [6, 6.07) is 5.24. The molecule has 0 N–H and O–H groups in total. The zero-order valence-electron chi connectivity index (χ0n) is 14.9. The first-order valence-electron chi connectivity index (χ1n) is 8.96. The highest BCUT2D eigenvalue weighted by atomic mass is 35.5. The molecule has 2 aromatic heterocycles. The monoisotopic (exact) mass is 426 g/mol. The molecule has 152 valence electrons. The standard InChI is InChI=1S/C18H14ClF3N4O3/c19-14-15(9-1-2-9)26(25-16(14)18(20,21)22)6-5-13-23-24-17(29-13)10-3-4-11-12(7-10)28-8-27-11/h3-4,7,9H,1-2,5-6,8H2. The second kappa shape index (κ2) is 6.65. The Morgan fingerprint density at radius 3 is 2.69 bits per heavy atom. The second-order valence-corrected chi connectivity index (χ2v) is 7.24. The molecule has 3 heterocycles. The van der Waals surface area contributed by atoms with Crippen LogP contribution in [0.15, 0.2) is 22.6 Å². The number of fused-ring (bicyclic) bond motifs is 1. The Labute approximate surface area is 167 Å². The Kier molecular flexibility index (Phi) is 4.19. The number of rotatable bonds is 5. The van der Waals surface area contributed by atoms with Crippen LogP contribution in [0.25, 0.3) is 11.5 Å². The first kappa shape index (κ1) is 18.3. The van der Waals surface area contributed by atoms with Gasteiger partial charge in [-0.2, -0.15) is 18.3 Å². The first-order chi connectivity index (χ1) is 13.9. The van der Waals surface area contributed by atoms with Crippen LogP contribution in [0.1, 0.15) is 36.0 Å². The first-order valence-corrected chi connectivity index (χ1v) is 9.34. The van der Waals surface area contributed by atoms with Gasteiger partial charge in [0.25, 0.3) is 0 Å². The molecule has 0 saturated heterocycles. The van der Waals surface area contributed by atoms with E-state index in [2.05, 4.69) is 15.3 Å². The van der Waals surface area contributed by atoms with E-state index in [4.69, 9.17) is 25.5 Å². The van der Waals surface area contributed by atoms with Crippen LogP contribution < -0.4 is 9.47 Å². The topological polar surface area (TPSA) is 75.2 Å². The summed E-state index contributed by atoms with van der Waals surface area (Å²) in [7, 11) is 0. The van der Waals surface area contributed by atoms with Crippen LogP contribution in [0.5, 0.6) is 11.5 Å². The van der Waals surface area contributed by atoms with Crippen LogP contribution in [0.3, 0.4) is 0 Å². The van der Waals surface area contributed by atoms with Gasteiger partial charge in [-0.15, -0.1) is 10.2 Å². The SMILES string of the molecule is FC(F)(F)c1nn(CCc2nnc(-c3ccc4c(c3)OCO4)o2)c(C2CC2)c1Cl. The minimum atomic E-state index is -4.59. The fraction of sp³-hybridized carbons (Fsp3) is 0.389. The zero-order chi connectivity index (χ0) is 20.2. The van der Waals surface area contributed by atoms with Gasteiger partial charge in [-0.05, 0) is 31.0 Å². The van der Waals surface area contributed by atoms with Gasteiger partial charge in [0.15, 0.2) is 17.2 Å². The van der Waals surface area contributed by atoms with Crippen molar-refractivity contribution < 1.29 is 27.1 Å². The molecule has 0 radical (unpaired) electrons. The molecule has 1 aliphatic carbocycles. The smallest absolute Gasteiger partial charge is 0.436 e. The lowest BCUT2D eigenvalue weighted by Gasteiger charge is -2.05. The minimum absolute atomic E-state index is 0.0120. The summed E-state index contributed by atoms with van der Waals surface area (Å²) in [5, 5.41) is 11.4. The number of aromatic nitrogens is 4. The van der Waals surface area contributed by atoms with Crippen LogP contribution in [0.4, 0.5) is 13.2 Å². The van der Waals surface area contributed by atoms with Gasteiger partial charge in [-0.1, -0.05) is 11.6 Å². The molecule has 0 bridgehead atoms. The Bertz CT molecular complexity index is 1070. The number of alkyl halides is 3. The number of ether oxygens (including phenoxy) is 2. The van der Waals surface area contributed by atoms with Crippen molar-refractivity contribution in [2.24, 2.45) is 0 Å². The average Bonchev–Trinajstić information content (AvgIpc) is 3.09. The molecule has 0 spiro atoms. The van der Waals surface area contributed by atoms with Gasteiger partial charge in [-0.3, -0.25) is 4.68 Å². The summed E-state index contributed by atoms with van der Waals surface area (Å²) < 4.78 is 57.0. The molecule has 1 fully saturated rings. The highest BCUT2D eigenvalue weighted by Gasteiger charge is 2.42. The van der Waals surface area contributed by atoms with Crippen LogP contribution >= 0.6 is 11.6 Å². The average molecular weight is 427 g/mol. The predicted molar refractivity (Wildman–Crippen MR) is 93.8 cm³/mol. The van der Waals surface area contributed by atoms with Crippen molar-refractivity contribution in [1.82, 2.24) is 20.0 Å². The van der Waals surface area contributed by atoms with Gasteiger partial charge in [0.1, 0.15) is 0 Å². The molecular formula is C18H14ClF3N4O3. The fourth-order valence-corrected chi connectivity index (χ4v) is 3.65. The lowest BCUT2D eigenvalue weighted by molar-refractivity contribution is -0.141. The molecule has 7 nitrogen and oxygen atoms in total. The van der Waals surface area contributed by atoms with Crippen LogP contribution in [0, 0.1) is 0 Å². The highest BCUT2D eigenvalue weighted by molar-refractivity contribution is 6.32. The number of benzene rings is 1. The molecule has 5 rings (SSSR count). The number of halogens is 4. The molecule has 1 saturated carbocycles. The van der Waals surface area contributed by atoms with Gasteiger partial charge >= 0.3 is 6.18 Å². The van der Waals surface area contributed by atoms with Crippen molar-refractivity contribution in [3.05, 3.63) is 40.5 Å². The number of hydrogen-bond acceptors (Lipinski definition) is 6. The second-order valence-electron chi connectivity index (χ2n) is 6.86. The van der Waals surface area contributed by atoms with Crippen LogP contribution in [-0.4, -0.2) is 26.8 Å². The van der Waals surface area contributed by atoms with Crippen molar-refractivity contribution in [3.63, 3.8) is 0 Å². The Balaban J connectivity index is 1.35. The Morgan fingerprint density at radius 2 is 1.93 bits per heavy atom. The highest BCUT2D eigenvalue weighted by Crippen LogP contribution is 2.47. The lowest BCUT2D eigenvalue weighted by Crippen LogP contribution is -2.10. The molecule has 2 aliphatic rings. The minimum Gasteiger partial charge on any atom is -0.454 e. The van der Waals surface area contributed by atoms with Gasteiger partial charge in [0, 0.05) is 17.9 Å². The summed E-state index contributed by atoms with van der Waals surface area (Å²) in [5.41, 5.74) is 0.0373. The maximum Gasteiger partial charge on any atom is 0.436 e. The van der Waals surface area contributed by atoms with Gasteiger partial charge in [-0.25, -0.2) is 0 Å². The number of aryl methyl sites for hydroxylation is 2. The van der Waals surface area contributed by atoms with E-state index in [9.17, 15) is 13.2 Å². The zero-order valence-corrected chi connectivity index (χ0v) is 15.6. The van der Waals surface area contributed by atoms with E-state index in [0.29, 0.717) is 28.6 Å². The van der Waals surface area contributed by atoms with Gasteiger partial charge in [0.2, 0.25) is 18.6 Å². The van der Waals surface area contributed by atoms with Gasteiger partial charge in [0.05, 0.1) is 17.3 Å². The molecule has 3 aromatic rings. The maximum absolute atomic E-state index is 13.2. The quantitative estimate of drug-likeness (QED) is 0.600. The van der Waals surface area contributed by atoms with E-state index in [1.165, 1.54) is 4.68 Å². The van der Waals surface area contributed by atoms with Crippen molar-refractivity contribution in [2.75, 3.05) is 6.79 Å². The molecule has 29 heavy (non-hydrogen) atoms. The summed E-state index contributed by atoms with van der Waals surface area (Å²) in [4.78, 5) is 0. The normalized spacial score (nSPS) is 15.9. The largest absolute Gasteiger partial charge is 0.454 e. The van der Waals surface area contributed by atoms with Crippen molar-refractivity contribution in [3.8, 4) is 23.0 Å². The molecular weight excluding hydrogens is 413 g/mol.